The largest absolute Gasteiger partial charge is 0.332 e. The highest BCUT2D eigenvalue weighted by molar-refractivity contribution is 14.1. The minimum atomic E-state index is 0.656. The first kappa shape index (κ1) is 11.8. The summed E-state index contributed by atoms with van der Waals surface area (Å²) in [5.74, 6) is 1.35. The van der Waals surface area contributed by atoms with Crippen LogP contribution < -0.4 is 0 Å². The van der Waals surface area contributed by atoms with E-state index >= 15 is 0 Å². The van der Waals surface area contributed by atoms with Gasteiger partial charge in [-0.25, -0.2) is 9.97 Å². The molecule has 2 aromatic rings. The van der Waals surface area contributed by atoms with Gasteiger partial charge in [-0.3, -0.25) is 0 Å². The molecule has 0 saturated carbocycles. The first-order chi connectivity index (χ1) is 7.58. The summed E-state index contributed by atoms with van der Waals surface area (Å²) in [6.45, 7) is 7.82. The van der Waals surface area contributed by atoms with Gasteiger partial charge in [0.05, 0.1) is 0 Å². The zero-order valence-corrected chi connectivity index (χ0v) is 12.0. The van der Waals surface area contributed by atoms with Crippen LogP contribution in [0.4, 0.5) is 0 Å². The van der Waals surface area contributed by atoms with Crippen molar-refractivity contribution in [1.29, 1.82) is 0 Å². The summed E-state index contributed by atoms with van der Waals surface area (Å²) >= 11 is 2.15. The fraction of sp³-hybridized carbons (Fsp3) is 0.500. The van der Waals surface area contributed by atoms with Gasteiger partial charge in [-0.2, -0.15) is 0 Å². The molecule has 0 aliphatic carbocycles. The van der Waals surface area contributed by atoms with Crippen molar-refractivity contribution in [1.82, 2.24) is 14.5 Å². The molecule has 0 aliphatic rings. The third-order valence-electron chi connectivity index (χ3n) is 3.10. The Labute approximate surface area is 109 Å². The van der Waals surface area contributed by atoms with Crippen molar-refractivity contribution in [2.75, 3.05) is 0 Å². The second-order valence-electron chi connectivity index (χ2n) is 4.61. The number of rotatable bonds is 3. The molecule has 0 bridgehead atoms. The van der Waals surface area contributed by atoms with Crippen LogP contribution in [0.25, 0.3) is 11.0 Å². The van der Waals surface area contributed by atoms with Crippen LogP contribution in [-0.2, 0) is 6.54 Å². The summed E-state index contributed by atoms with van der Waals surface area (Å²) < 4.78 is 3.03. The van der Waals surface area contributed by atoms with Crippen LogP contribution in [0.15, 0.2) is 18.5 Å². The molecule has 1 unspecified atom stereocenters. The first-order valence-corrected chi connectivity index (χ1v) is 6.63. The number of nitrogens with zero attached hydrogens (tertiary/aromatic N) is 3. The van der Waals surface area contributed by atoms with Gasteiger partial charge >= 0.3 is 0 Å². The van der Waals surface area contributed by atoms with Gasteiger partial charge in [-0.05, 0) is 17.9 Å². The van der Waals surface area contributed by atoms with E-state index < -0.39 is 0 Å². The molecule has 2 aromatic heterocycles. The van der Waals surface area contributed by atoms with Crippen LogP contribution in [0.1, 0.15) is 20.8 Å². The third kappa shape index (κ3) is 2.36. The summed E-state index contributed by atoms with van der Waals surface area (Å²) in [7, 11) is 0. The van der Waals surface area contributed by atoms with Gasteiger partial charge in [0.1, 0.15) is 5.65 Å². The molecule has 2 heterocycles. The van der Waals surface area contributed by atoms with Gasteiger partial charge in [-0.15, -0.1) is 0 Å². The summed E-state index contributed by atoms with van der Waals surface area (Å²) in [5.41, 5.74) is 1.05. The molecule has 0 aromatic carbocycles. The zero-order valence-electron chi connectivity index (χ0n) is 9.81. The molecular formula is C12H16IN3. The number of fused-ring (bicyclic) bond motifs is 1. The summed E-state index contributed by atoms with van der Waals surface area (Å²) in [5, 5.41) is 1.12. The van der Waals surface area contributed by atoms with Crippen molar-refractivity contribution >= 4 is 33.6 Å². The molecular weight excluding hydrogens is 313 g/mol. The molecule has 0 radical (unpaired) electrons. The van der Waals surface area contributed by atoms with Gasteiger partial charge < -0.3 is 4.57 Å². The lowest BCUT2D eigenvalue weighted by Crippen LogP contribution is -2.12. The van der Waals surface area contributed by atoms with Crippen molar-refractivity contribution in [2.24, 2.45) is 11.8 Å². The predicted octanol–water partition coefficient (Wildman–Crippen LogP) is 3.33. The topological polar surface area (TPSA) is 30.7 Å². The molecule has 0 saturated heterocycles. The van der Waals surface area contributed by atoms with E-state index in [1.54, 1.807) is 0 Å². The Morgan fingerprint density at radius 1 is 1.38 bits per heavy atom. The van der Waals surface area contributed by atoms with E-state index in [0.29, 0.717) is 11.8 Å². The van der Waals surface area contributed by atoms with E-state index in [9.17, 15) is 0 Å². The fourth-order valence-electron chi connectivity index (χ4n) is 1.62. The number of hydrogen-bond donors (Lipinski definition) is 0. The average Bonchev–Trinajstić information content (AvgIpc) is 2.61. The molecule has 3 nitrogen and oxygen atoms in total. The Bertz CT molecular complexity index is 490. The Morgan fingerprint density at radius 3 is 2.81 bits per heavy atom. The van der Waals surface area contributed by atoms with Crippen molar-refractivity contribution < 1.29 is 0 Å². The van der Waals surface area contributed by atoms with Crippen LogP contribution in [0.2, 0.25) is 0 Å². The van der Waals surface area contributed by atoms with Crippen LogP contribution in [0, 0.1) is 15.7 Å². The van der Waals surface area contributed by atoms with Crippen molar-refractivity contribution in [3.05, 3.63) is 22.3 Å². The molecule has 0 amide bonds. The standard InChI is InChI=1S/C12H16IN3/c1-8(2)9(3)7-16-5-4-10-6-14-12(13)15-11(10)16/h4-6,8-9H,7H2,1-3H3. The van der Waals surface area contributed by atoms with Gasteiger partial charge in [0.2, 0.25) is 0 Å². The molecule has 16 heavy (non-hydrogen) atoms. The van der Waals surface area contributed by atoms with Crippen molar-refractivity contribution in [2.45, 2.75) is 27.3 Å². The zero-order chi connectivity index (χ0) is 11.7. The lowest BCUT2D eigenvalue weighted by Gasteiger charge is -2.16. The summed E-state index contributed by atoms with van der Waals surface area (Å²) in [6.07, 6.45) is 3.99. The Hall–Kier alpha value is -0.650. The number of aromatic nitrogens is 3. The van der Waals surface area contributed by atoms with Crippen LogP contribution >= 0.6 is 22.6 Å². The molecule has 4 heteroatoms. The van der Waals surface area contributed by atoms with E-state index in [4.69, 9.17) is 0 Å². The Balaban J connectivity index is 2.34. The summed E-state index contributed by atoms with van der Waals surface area (Å²) in [6, 6.07) is 2.08. The maximum absolute atomic E-state index is 4.49. The molecule has 2 rings (SSSR count). The predicted molar refractivity (Wildman–Crippen MR) is 74.2 cm³/mol. The molecule has 86 valence electrons. The first-order valence-electron chi connectivity index (χ1n) is 5.55. The average molecular weight is 329 g/mol. The van der Waals surface area contributed by atoms with Crippen LogP contribution in [0.3, 0.4) is 0 Å². The maximum Gasteiger partial charge on any atom is 0.192 e. The minimum absolute atomic E-state index is 0.656. The van der Waals surface area contributed by atoms with Gasteiger partial charge in [-0.1, -0.05) is 20.8 Å². The van der Waals surface area contributed by atoms with Crippen LogP contribution in [0.5, 0.6) is 0 Å². The smallest absolute Gasteiger partial charge is 0.192 e. The lowest BCUT2D eigenvalue weighted by molar-refractivity contribution is 0.369. The highest BCUT2D eigenvalue weighted by atomic mass is 127. The lowest BCUT2D eigenvalue weighted by atomic mass is 9.98. The molecule has 0 spiro atoms. The van der Waals surface area contributed by atoms with Crippen molar-refractivity contribution in [3.8, 4) is 0 Å². The van der Waals surface area contributed by atoms with E-state index in [2.05, 4.69) is 70.2 Å². The fourth-order valence-corrected chi connectivity index (χ4v) is 1.99. The van der Waals surface area contributed by atoms with E-state index in [-0.39, 0.29) is 0 Å². The third-order valence-corrected chi connectivity index (χ3v) is 3.62. The number of hydrogen-bond acceptors (Lipinski definition) is 2. The minimum Gasteiger partial charge on any atom is -0.332 e. The monoisotopic (exact) mass is 329 g/mol. The molecule has 0 aliphatic heterocycles. The maximum atomic E-state index is 4.49. The second-order valence-corrected chi connectivity index (χ2v) is 5.57. The van der Waals surface area contributed by atoms with Gasteiger partial charge in [0.15, 0.2) is 3.83 Å². The Morgan fingerprint density at radius 2 is 2.12 bits per heavy atom. The highest BCUT2D eigenvalue weighted by Gasteiger charge is 2.10. The molecule has 0 fully saturated rings. The normalized spacial score (nSPS) is 13.6. The van der Waals surface area contributed by atoms with Crippen molar-refractivity contribution in [3.63, 3.8) is 0 Å². The van der Waals surface area contributed by atoms with E-state index in [1.165, 1.54) is 0 Å². The van der Waals surface area contributed by atoms with Crippen LogP contribution in [-0.4, -0.2) is 14.5 Å². The SMILES string of the molecule is CC(C)C(C)Cn1ccc2cnc(I)nc21. The Kier molecular flexibility index (Phi) is 3.47. The highest BCUT2D eigenvalue weighted by Crippen LogP contribution is 2.18. The molecule has 1 atom stereocenters. The van der Waals surface area contributed by atoms with Gasteiger partial charge in [0, 0.05) is 46.9 Å². The number of halogens is 1. The van der Waals surface area contributed by atoms with E-state index in [0.717, 1.165) is 21.4 Å². The summed E-state index contributed by atoms with van der Waals surface area (Å²) in [4.78, 5) is 8.68. The quantitative estimate of drug-likeness (QED) is 0.639. The van der Waals surface area contributed by atoms with Gasteiger partial charge in [0.25, 0.3) is 0 Å². The van der Waals surface area contributed by atoms with E-state index in [1.807, 2.05) is 6.20 Å². The molecule has 0 N–H and O–H groups in total. The second kappa shape index (κ2) is 4.69.